The highest BCUT2D eigenvalue weighted by atomic mass is 19.1. The van der Waals surface area contributed by atoms with Crippen molar-refractivity contribution < 1.29 is 4.39 Å². The van der Waals surface area contributed by atoms with Gasteiger partial charge in [0, 0.05) is 6.07 Å². The lowest BCUT2D eigenvalue weighted by Crippen LogP contribution is -2.13. The molecule has 0 radical (unpaired) electrons. The summed E-state index contributed by atoms with van der Waals surface area (Å²) >= 11 is 0. The predicted molar refractivity (Wildman–Crippen MR) is 71.8 cm³/mol. The molecular formula is C15H11FN2O. The lowest BCUT2D eigenvalue weighted by molar-refractivity contribution is 0.625. The summed E-state index contributed by atoms with van der Waals surface area (Å²) in [6.07, 6.45) is 0. The molecule has 0 bridgehead atoms. The molecule has 0 saturated carbocycles. The molecule has 2 aromatic carbocycles. The van der Waals surface area contributed by atoms with Gasteiger partial charge in [0.2, 0.25) is 0 Å². The fourth-order valence-corrected chi connectivity index (χ4v) is 1.97. The number of aromatic amines is 1. The topological polar surface area (TPSA) is 37.8 Å². The van der Waals surface area contributed by atoms with Crippen molar-refractivity contribution in [3.8, 4) is 16.9 Å². The van der Waals surface area contributed by atoms with Crippen molar-refractivity contribution in [2.75, 3.05) is 0 Å². The van der Waals surface area contributed by atoms with Crippen LogP contribution in [0.25, 0.3) is 16.9 Å². The van der Waals surface area contributed by atoms with Gasteiger partial charge in [-0.3, -0.25) is 9.89 Å². The zero-order valence-corrected chi connectivity index (χ0v) is 10.0. The molecule has 0 fully saturated rings. The minimum Gasteiger partial charge on any atom is -0.290 e. The molecule has 0 aliphatic rings. The van der Waals surface area contributed by atoms with E-state index in [0.29, 0.717) is 11.4 Å². The Hall–Kier alpha value is -2.62. The molecule has 19 heavy (non-hydrogen) atoms. The number of rotatable bonds is 2. The minimum atomic E-state index is -0.375. The van der Waals surface area contributed by atoms with Gasteiger partial charge in [-0.25, -0.2) is 9.07 Å². The van der Waals surface area contributed by atoms with E-state index in [-0.39, 0.29) is 11.4 Å². The van der Waals surface area contributed by atoms with Crippen LogP contribution < -0.4 is 5.56 Å². The van der Waals surface area contributed by atoms with E-state index in [4.69, 9.17) is 0 Å². The summed E-state index contributed by atoms with van der Waals surface area (Å²) in [5.74, 6) is -0.375. The number of nitrogens with one attached hydrogen (secondary N) is 1. The zero-order valence-electron chi connectivity index (χ0n) is 10.0. The van der Waals surface area contributed by atoms with Gasteiger partial charge < -0.3 is 0 Å². The van der Waals surface area contributed by atoms with Gasteiger partial charge >= 0.3 is 0 Å². The Morgan fingerprint density at radius 2 is 1.74 bits per heavy atom. The number of nitrogens with zero attached hydrogens (tertiary/aromatic N) is 1. The molecule has 3 nitrogen and oxygen atoms in total. The summed E-state index contributed by atoms with van der Waals surface area (Å²) in [5.41, 5.74) is 1.88. The van der Waals surface area contributed by atoms with Crippen LogP contribution in [0.3, 0.4) is 0 Å². The predicted octanol–water partition coefficient (Wildman–Crippen LogP) is 2.97. The quantitative estimate of drug-likeness (QED) is 0.750. The second-order valence-corrected chi connectivity index (χ2v) is 4.19. The van der Waals surface area contributed by atoms with Gasteiger partial charge in [-0.15, -0.1) is 0 Å². The van der Waals surface area contributed by atoms with Crippen molar-refractivity contribution in [2.24, 2.45) is 0 Å². The molecule has 0 aliphatic heterocycles. The van der Waals surface area contributed by atoms with Gasteiger partial charge in [0.1, 0.15) is 5.82 Å². The molecule has 3 aromatic rings. The molecule has 94 valence electrons. The monoisotopic (exact) mass is 254 g/mol. The van der Waals surface area contributed by atoms with Crippen LogP contribution in [0.4, 0.5) is 4.39 Å². The van der Waals surface area contributed by atoms with Crippen LogP contribution >= 0.6 is 0 Å². The summed E-state index contributed by atoms with van der Waals surface area (Å²) in [5, 5.41) is 2.98. The Bertz CT molecular complexity index is 759. The number of halogens is 1. The maximum atomic E-state index is 13.2. The molecule has 1 N–H and O–H groups in total. The second-order valence-electron chi connectivity index (χ2n) is 4.19. The maximum absolute atomic E-state index is 13.2. The zero-order chi connectivity index (χ0) is 13.2. The molecule has 0 atom stereocenters. The lowest BCUT2D eigenvalue weighted by atomic mass is 10.2. The number of aromatic nitrogens is 2. The molecule has 0 saturated heterocycles. The standard InChI is InChI=1S/C15H11FN2O/c16-12-7-4-8-13(9-12)18-15(19)10-14(17-18)11-5-2-1-3-6-11/h1-10,17H. The summed E-state index contributed by atoms with van der Waals surface area (Å²) in [7, 11) is 0. The smallest absolute Gasteiger partial charge is 0.271 e. The van der Waals surface area contributed by atoms with Gasteiger partial charge in [-0.05, 0) is 23.8 Å². The first kappa shape index (κ1) is 11.5. The fraction of sp³-hybridized carbons (Fsp3) is 0. The van der Waals surface area contributed by atoms with Crippen molar-refractivity contribution in [1.82, 2.24) is 9.78 Å². The van der Waals surface area contributed by atoms with E-state index in [2.05, 4.69) is 5.10 Å². The molecule has 3 rings (SSSR count). The summed E-state index contributed by atoms with van der Waals surface area (Å²) in [6, 6.07) is 16.9. The van der Waals surface area contributed by atoms with E-state index >= 15 is 0 Å². The highest BCUT2D eigenvalue weighted by Crippen LogP contribution is 2.15. The summed E-state index contributed by atoms with van der Waals surface area (Å²) < 4.78 is 14.5. The Labute approximate surface area is 108 Å². The largest absolute Gasteiger partial charge is 0.290 e. The van der Waals surface area contributed by atoms with Crippen molar-refractivity contribution in [3.63, 3.8) is 0 Å². The Morgan fingerprint density at radius 1 is 0.947 bits per heavy atom. The fourth-order valence-electron chi connectivity index (χ4n) is 1.97. The van der Waals surface area contributed by atoms with Gasteiger partial charge in [0.15, 0.2) is 0 Å². The van der Waals surface area contributed by atoms with Gasteiger partial charge in [0.05, 0.1) is 11.4 Å². The van der Waals surface area contributed by atoms with Gasteiger partial charge in [-0.1, -0.05) is 36.4 Å². The highest BCUT2D eigenvalue weighted by Gasteiger charge is 2.07. The maximum Gasteiger partial charge on any atom is 0.271 e. The van der Waals surface area contributed by atoms with Crippen molar-refractivity contribution in [1.29, 1.82) is 0 Å². The van der Waals surface area contributed by atoms with E-state index in [9.17, 15) is 9.18 Å². The number of H-pyrrole nitrogens is 1. The molecular weight excluding hydrogens is 243 g/mol. The first-order chi connectivity index (χ1) is 9.24. The van der Waals surface area contributed by atoms with Crippen LogP contribution in [-0.4, -0.2) is 9.78 Å². The van der Waals surface area contributed by atoms with Crippen molar-refractivity contribution >= 4 is 0 Å². The van der Waals surface area contributed by atoms with E-state index in [1.807, 2.05) is 30.3 Å². The lowest BCUT2D eigenvalue weighted by Gasteiger charge is -2.02. The molecule has 0 amide bonds. The Morgan fingerprint density at radius 3 is 2.47 bits per heavy atom. The molecule has 0 unspecified atom stereocenters. The number of benzene rings is 2. The van der Waals surface area contributed by atoms with Gasteiger partial charge in [0.25, 0.3) is 5.56 Å². The van der Waals surface area contributed by atoms with Crippen LogP contribution in [0.5, 0.6) is 0 Å². The van der Waals surface area contributed by atoms with E-state index in [0.717, 1.165) is 5.56 Å². The average Bonchev–Trinajstić information content (AvgIpc) is 2.82. The van der Waals surface area contributed by atoms with E-state index in [1.54, 1.807) is 12.1 Å². The number of hydrogen-bond donors (Lipinski definition) is 1. The first-order valence-electron chi connectivity index (χ1n) is 5.87. The van der Waals surface area contributed by atoms with Crippen LogP contribution in [-0.2, 0) is 0 Å². The third-order valence-corrected chi connectivity index (χ3v) is 2.87. The highest BCUT2D eigenvalue weighted by molar-refractivity contribution is 5.58. The minimum absolute atomic E-state index is 0.218. The normalized spacial score (nSPS) is 10.6. The summed E-state index contributed by atoms with van der Waals surface area (Å²) in [4.78, 5) is 11.9. The molecule has 4 heteroatoms. The SMILES string of the molecule is O=c1cc(-c2ccccc2)[nH]n1-c1cccc(F)c1. The van der Waals surface area contributed by atoms with Crippen LogP contribution in [0.1, 0.15) is 0 Å². The van der Waals surface area contributed by atoms with E-state index < -0.39 is 0 Å². The van der Waals surface area contributed by atoms with Crippen molar-refractivity contribution in [2.45, 2.75) is 0 Å². The van der Waals surface area contributed by atoms with Crippen molar-refractivity contribution in [3.05, 3.63) is 76.8 Å². The number of hydrogen-bond acceptors (Lipinski definition) is 1. The first-order valence-corrected chi connectivity index (χ1v) is 5.87. The molecule has 0 aliphatic carbocycles. The average molecular weight is 254 g/mol. The molecule has 1 heterocycles. The van der Waals surface area contributed by atoms with Crippen LogP contribution in [0.15, 0.2) is 65.5 Å². The van der Waals surface area contributed by atoms with Gasteiger partial charge in [-0.2, -0.15) is 0 Å². The third kappa shape index (κ3) is 2.20. The third-order valence-electron chi connectivity index (χ3n) is 2.87. The van der Waals surface area contributed by atoms with Crippen LogP contribution in [0.2, 0.25) is 0 Å². The second kappa shape index (κ2) is 4.57. The van der Waals surface area contributed by atoms with Crippen LogP contribution in [0, 0.1) is 5.82 Å². The van der Waals surface area contributed by atoms with E-state index in [1.165, 1.54) is 22.9 Å². The Kier molecular flexibility index (Phi) is 2.76. The summed E-state index contributed by atoms with van der Waals surface area (Å²) in [6.45, 7) is 0. The Balaban J connectivity index is 2.10. The molecule has 0 spiro atoms. The molecule has 1 aromatic heterocycles.